The van der Waals surface area contributed by atoms with Gasteiger partial charge in [-0.05, 0) is 55.0 Å². The normalized spacial score (nSPS) is 13.7. The molecule has 1 N–H and O–H groups in total. The van der Waals surface area contributed by atoms with Crippen LogP contribution in [0.2, 0.25) is 0 Å². The van der Waals surface area contributed by atoms with Crippen LogP contribution in [0, 0.1) is 17.0 Å². The highest BCUT2D eigenvalue weighted by atomic mass is 16.6. The van der Waals surface area contributed by atoms with Crippen molar-refractivity contribution in [1.29, 1.82) is 0 Å². The molecule has 0 radical (unpaired) electrons. The number of ether oxygens (including phenoxy) is 1. The van der Waals surface area contributed by atoms with Crippen LogP contribution in [0.4, 0.5) is 17.1 Å². The molecule has 1 saturated heterocycles. The molecule has 3 aromatic carbocycles. The van der Waals surface area contributed by atoms with E-state index in [2.05, 4.69) is 10.3 Å². The van der Waals surface area contributed by atoms with E-state index in [1.54, 1.807) is 30.3 Å². The third kappa shape index (κ3) is 4.33. The average molecular weight is 458 g/mol. The fraction of sp³-hybridized carbons (Fsp3) is 0.200. The predicted octanol–water partition coefficient (Wildman–Crippen LogP) is 4.80. The number of hydrogen-bond acceptors (Lipinski definition) is 7. The van der Waals surface area contributed by atoms with Crippen LogP contribution < -0.4 is 10.2 Å². The van der Waals surface area contributed by atoms with Gasteiger partial charge in [-0.1, -0.05) is 12.1 Å². The molecule has 0 aliphatic carbocycles. The molecular formula is C25H22N4O5. The second kappa shape index (κ2) is 8.95. The minimum absolute atomic E-state index is 0.106. The highest BCUT2D eigenvalue weighted by Crippen LogP contribution is 2.31. The highest BCUT2D eigenvalue weighted by Gasteiger charge is 2.23. The van der Waals surface area contributed by atoms with Gasteiger partial charge in [0.25, 0.3) is 11.6 Å². The van der Waals surface area contributed by atoms with Crippen LogP contribution in [0.5, 0.6) is 0 Å². The topological polar surface area (TPSA) is 111 Å². The Kier molecular flexibility index (Phi) is 5.69. The van der Waals surface area contributed by atoms with Crippen molar-refractivity contribution in [2.75, 3.05) is 36.5 Å². The number of nitro benzene ring substituents is 1. The number of aromatic nitrogens is 1. The van der Waals surface area contributed by atoms with Gasteiger partial charge in [0.15, 0.2) is 5.58 Å². The summed E-state index contributed by atoms with van der Waals surface area (Å²) in [5.74, 6) is 0.00386. The summed E-state index contributed by atoms with van der Waals surface area (Å²) in [6.45, 7) is 4.13. The fourth-order valence-electron chi connectivity index (χ4n) is 3.97. The van der Waals surface area contributed by atoms with E-state index < -0.39 is 10.8 Å². The Morgan fingerprint density at radius 2 is 1.91 bits per heavy atom. The van der Waals surface area contributed by atoms with Crippen molar-refractivity contribution >= 4 is 34.1 Å². The van der Waals surface area contributed by atoms with E-state index in [4.69, 9.17) is 9.15 Å². The second-order valence-corrected chi connectivity index (χ2v) is 8.09. The van der Waals surface area contributed by atoms with Crippen molar-refractivity contribution in [3.8, 4) is 11.5 Å². The molecule has 9 heteroatoms. The van der Waals surface area contributed by atoms with Gasteiger partial charge in [-0.15, -0.1) is 0 Å². The second-order valence-electron chi connectivity index (χ2n) is 8.09. The molecule has 0 spiro atoms. The number of aryl methyl sites for hydroxylation is 1. The zero-order valence-corrected chi connectivity index (χ0v) is 18.5. The zero-order valence-electron chi connectivity index (χ0n) is 18.5. The largest absolute Gasteiger partial charge is 0.436 e. The van der Waals surface area contributed by atoms with Gasteiger partial charge in [0.05, 0.1) is 18.1 Å². The summed E-state index contributed by atoms with van der Waals surface area (Å²) < 4.78 is 11.2. The molecule has 1 aliphatic rings. The van der Waals surface area contributed by atoms with Gasteiger partial charge in [-0.2, -0.15) is 0 Å². The van der Waals surface area contributed by atoms with E-state index in [-0.39, 0.29) is 11.3 Å². The van der Waals surface area contributed by atoms with Gasteiger partial charge in [-0.3, -0.25) is 14.9 Å². The first kappa shape index (κ1) is 21.6. The number of hydrogen-bond donors (Lipinski definition) is 1. The molecule has 1 amide bonds. The number of benzene rings is 3. The van der Waals surface area contributed by atoms with Gasteiger partial charge in [0.2, 0.25) is 5.89 Å². The molecule has 34 heavy (non-hydrogen) atoms. The molecule has 4 aromatic rings. The lowest BCUT2D eigenvalue weighted by molar-refractivity contribution is -0.384. The van der Waals surface area contributed by atoms with Crippen LogP contribution >= 0.6 is 0 Å². The standard InChI is InChI=1S/C25H22N4O5/c1-16-5-7-20-23(13-16)34-25(27-20)18-3-2-4-19(14-18)26-24(30)17-6-8-21(22(15-17)29(31)32)28-9-11-33-12-10-28/h2-8,13-15H,9-12H2,1H3,(H,26,30). The van der Waals surface area contributed by atoms with Crippen LogP contribution in [0.1, 0.15) is 15.9 Å². The Morgan fingerprint density at radius 1 is 1.09 bits per heavy atom. The average Bonchev–Trinajstić information content (AvgIpc) is 3.27. The number of nitro groups is 1. The number of morpholine rings is 1. The van der Waals surface area contributed by atoms with Crippen LogP contribution in [0.15, 0.2) is 65.1 Å². The first-order valence-electron chi connectivity index (χ1n) is 10.9. The Labute approximate surface area is 195 Å². The quantitative estimate of drug-likeness (QED) is 0.338. The SMILES string of the molecule is Cc1ccc2nc(-c3cccc(NC(=O)c4ccc(N5CCOCC5)c([N+](=O)[O-])c4)c3)oc2c1. The number of nitrogens with zero attached hydrogens (tertiary/aromatic N) is 3. The van der Waals surface area contributed by atoms with Crippen molar-refractivity contribution in [1.82, 2.24) is 4.98 Å². The summed E-state index contributed by atoms with van der Waals surface area (Å²) in [5, 5.41) is 14.5. The van der Waals surface area contributed by atoms with Gasteiger partial charge in [-0.25, -0.2) is 4.98 Å². The molecule has 0 atom stereocenters. The Hall–Kier alpha value is -4.24. The molecule has 1 fully saturated rings. The van der Waals surface area contributed by atoms with Gasteiger partial charge < -0.3 is 19.4 Å². The number of rotatable bonds is 5. The summed E-state index contributed by atoms with van der Waals surface area (Å²) in [5.41, 5.74) is 4.33. The van der Waals surface area contributed by atoms with Crippen molar-refractivity contribution in [3.63, 3.8) is 0 Å². The maximum Gasteiger partial charge on any atom is 0.293 e. The maximum atomic E-state index is 12.9. The van der Waals surface area contributed by atoms with E-state index in [9.17, 15) is 14.9 Å². The molecule has 5 rings (SSSR count). The number of carbonyl (C=O) groups excluding carboxylic acids is 1. The van der Waals surface area contributed by atoms with Gasteiger partial charge in [0.1, 0.15) is 11.2 Å². The molecule has 9 nitrogen and oxygen atoms in total. The molecule has 172 valence electrons. The minimum atomic E-state index is -0.461. The van der Waals surface area contributed by atoms with E-state index in [1.165, 1.54) is 6.07 Å². The van der Waals surface area contributed by atoms with Crippen molar-refractivity contribution in [3.05, 3.63) is 81.9 Å². The smallest absolute Gasteiger partial charge is 0.293 e. The fourth-order valence-corrected chi connectivity index (χ4v) is 3.97. The lowest BCUT2D eigenvalue weighted by Gasteiger charge is -2.28. The molecule has 0 unspecified atom stereocenters. The minimum Gasteiger partial charge on any atom is -0.436 e. The van der Waals surface area contributed by atoms with Crippen LogP contribution in [-0.4, -0.2) is 42.1 Å². The molecule has 0 saturated carbocycles. The zero-order chi connectivity index (χ0) is 23.7. The maximum absolute atomic E-state index is 12.9. The lowest BCUT2D eigenvalue weighted by Crippen LogP contribution is -2.36. The third-order valence-electron chi connectivity index (χ3n) is 5.70. The van der Waals surface area contributed by atoms with Crippen LogP contribution in [-0.2, 0) is 4.74 Å². The number of nitrogens with one attached hydrogen (secondary N) is 1. The highest BCUT2D eigenvalue weighted by molar-refractivity contribution is 6.05. The number of fused-ring (bicyclic) bond motifs is 1. The van der Waals surface area contributed by atoms with Crippen molar-refractivity contribution in [2.45, 2.75) is 6.92 Å². The first-order valence-corrected chi connectivity index (χ1v) is 10.9. The molecule has 1 aliphatic heterocycles. The Balaban J connectivity index is 1.38. The summed E-state index contributed by atoms with van der Waals surface area (Å²) in [7, 11) is 0. The van der Waals surface area contributed by atoms with Crippen molar-refractivity contribution in [2.24, 2.45) is 0 Å². The van der Waals surface area contributed by atoms with Gasteiger partial charge >= 0.3 is 0 Å². The Morgan fingerprint density at radius 3 is 2.71 bits per heavy atom. The van der Waals surface area contributed by atoms with E-state index in [1.807, 2.05) is 36.1 Å². The number of carbonyl (C=O) groups is 1. The monoisotopic (exact) mass is 458 g/mol. The summed E-state index contributed by atoms with van der Waals surface area (Å²) >= 11 is 0. The van der Waals surface area contributed by atoms with E-state index in [0.29, 0.717) is 54.7 Å². The first-order chi connectivity index (χ1) is 16.5. The third-order valence-corrected chi connectivity index (χ3v) is 5.70. The molecule has 0 bridgehead atoms. The molecule has 1 aromatic heterocycles. The number of anilines is 2. The van der Waals surface area contributed by atoms with Crippen LogP contribution in [0.25, 0.3) is 22.6 Å². The van der Waals surface area contributed by atoms with Gasteiger partial charge in [0, 0.05) is 36.0 Å². The van der Waals surface area contributed by atoms with Crippen molar-refractivity contribution < 1.29 is 18.9 Å². The summed E-state index contributed by atoms with van der Waals surface area (Å²) in [6, 6.07) is 17.4. The molecular weight excluding hydrogens is 436 g/mol. The predicted molar refractivity (Wildman–Crippen MR) is 128 cm³/mol. The summed E-state index contributed by atoms with van der Waals surface area (Å²) in [4.78, 5) is 30.5. The molecule has 2 heterocycles. The number of amides is 1. The van der Waals surface area contributed by atoms with Crippen LogP contribution in [0.3, 0.4) is 0 Å². The lowest BCUT2D eigenvalue weighted by atomic mass is 10.1. The van der Waals surface area contributed by atoms with E-state index >= 15 is 0 Å². The summed E-state index contributed by atoms with van der Waals surface area (Å²) in [6.07, 6.45) is 0. The van der Waals surface area contributed by atoms with E-state index in [0.717, 1.165) is 11.1 Å². The Bertz CT molecular complexity index is 1390. The number of oxazole rings is 1.